The second kappa shape index (κ2) is 8.56. The third-order valence-corrected chi connectivity index (χ3v) is 6.13. The van der Waals surface area contributed by atoms with Gasteiger partial charge in [0.05, 0.1) is 12.2 Å². The maximum absolute atomic E-state index is 14.4. The van der Waals surface area contributed by atoms with Crippen molar-refractivity contribution >= 4 is 11.8 Å². The molecule has 1 spiro atoms. The highest BCUT2D eigenvalue weighted by Crippen LogP contribution is 2.43. The van der Waals surface area contributed by atoms with Crippen molar-refractivity contribution in [1.82, 2.24) is 10.2 Å². The van der Waals surface area contributed by atoms with Gasteiger partial charge in [0.25, 0.3) is 5.91 Å². The number of rotatable bonds is 4. The van der Waals surface area contributed by atoms with Crippen molar-refractivity contribution in [2.45, 2.75) is 50.9 Å². The standard InChI is InChI=1S/C24H27FN2O3/c1-17-8-7-13-24(14-17)27(23(29)19-11-5-6-12-20(19)25)21(16-30-24)22(28)26-15-18-9-3-2-4-10-18/h2-6,9-12,17,21H,7-8,13-16H2,1H3,(H,26,28)/t17-,21+,24+/m1/s1. The zero-order valence-corrected chi connectivity index (χ0v) is 17.1. The molecule has 0 bridgehead atoms. The molecule has 0 unspecified atom stereocenters. The number of benzene rings is 2. The highest BCUT2D eigenvalue weighted by atomic mass is 19.1. The van der Waals surface area contributed by atoms with Crippen LogP contribution in [0.4, 0.5) is 4.39 Å². The lowest BCUT2D eigenvalue weighted by molar-refractivity contribution is -0.128. The minimum Gasteiger partial charge on any atom is -0.353 e. The summed E-state index contributed by atoms with van der Waals surface area (Å²) in [6.45, 7) is 2.60. The van der Waals surface area contributed by atoms with Crippen LogP contribution in [0.25, 0.3) is 0 Å². The monoisotopic (exact) mass is 410 g/mol. The minimum atomic E-state index is -0.855. The molecule has 1 aliphatic heterocycles. The summed E-state index contributed by atoms with van der Waals surface area (Å²) < 4.78 is 20.6. The predicted octanol–water partition coefficient (Wildman–Crippen LogP) is 3.89. The number of amides is 2. The molecule has 1 saturated heterocycles. The second-order valence-electron chi connectivity index (χ2n) is 8.33. The zero-order valence-electron chi connectivity index (χ0n) is 17.1. The average molecular weight is 410 g/mol. The van der Waals surface area contributed by atoms with Gasteiger partial charge in [0.1, 0.15) is 17.6 Å². The van der Waals surface area contributed by atoms with Crippen LogP contribution >= 0.6 is 0 Å². The molecule has 2 amide bonds. The van der Waals surface area contributed by atoms with Gasteiger partial charge in [-0.3, -0.25) is 14.5 Å². The first-order valence-corrected chi connectivity index (χ1v) is 10.5. The third kappa shape index (κ3) is 3.97. The predicted molar refractivity (Wildman–Crippen MR) is 111 cm³/mol. The van der Waals surface area contributed by atoms with Gasteiger partial charge in [-0.2, -0.15) is 0 Å². The topological polar surface area (TPSA) is 58.6 Å². The molecule has 2 aromatic carbocycles. The fourth-order valence-corrected chi connectivity index (χ4v) is 4.67. The van der Waals surface area contributed by atoms with E-state index < -0.39 is 23.5 Å². The van der Waals surface area contributed by atoms with Gasteiger partial charge in [0.15, 0.2) is 0 Å². The normalized spacial score (nSPS) is 26.0. The first-order valence-electron chi connectivity index (χ1n) is 10.5. The second-order valence-corrected chi connectivity index (χ2v) is 8.33. The fourth-order valence-electron chi connectivity index (χ4n) is 4.67. The van der Waals surface area contributed by atoms with Gasteiger partial charge in [0, 0.05) is 6.54 Å². The van der Waals surface area contributed by atoms with E-state index in [2.05, 4.69) is 12.2 Å². The van der Waals surface area contributed by atoms with Crippen molar-refractivity contribution in [3.8, 4) is 0 Å². The molecule has 2 aromatic rings. The van der Waals surface area contributed by atoms with E-state index in [1.54, 1.807) is 12.1 Å². The summed E-state index contributed by atoms with van der Waals surface area (Å²) in [5.74, 6) is -0.990. The van der Waals surface area contributed by atoms with Crippen molar-refractivity contribution in [1.29, 1.82) is 0 Å². The zero-order chi connectivity index (χ0) is 21.1. The van der Waals surface area contributed by atoms with E-state index in [1.807, 2.05) is 30.3 Å². The number of hydrogen-bond donors (Lipinski definition) is 1. The lowest BCUT2D eigenvalue weighted by Gasteiger charge is -2.43. The van der Waals surface area contributed by atoms with E-state index in [4.69, 9.17) is 4.74 Å². The quantitative estimate of drug-likeness (QED) is 0.832. The number of hydrogen-bond acceptors (Lipinski definition) is 3. The van der Waals surface area contributed by atoms with Crippen LogP contribution in [0.1, 0.15) is 48.5 Å². The number of carbonyl (C=O) groups excluding carboxylic acids is 2. The average Bonchev–Trinajstić information content (AvgIpc) is 3.10. The summed E-state index contributed by atoms with van der Waals surface area (Å²) in [6.07, 6.45) is 3.26. The Hall–Kier alpha value is -2.73. The van der Waals surface area contributed by atoms with Crippen LogP contribution in [0.15, 0.2) is 54.6 Å². The highest BCUT2D eigenvalue weighted by molar-refractivity contribution is 5.98. The van der Waals surface area contributed by atoms with Gasteiger partial charge in [0.2, 0.25) is 5.91 Å². The minimum absolute atomic E-state index is 0.0264. The molecule has 1 saturated carbocycles. The molecule has 5 nitrogen and oxygen atoms in total. The molecule has 30 heavy (non-hydrogen) atoms. The first-order chi connectivity index (χ1) is 14.5. The first kappa shape index (κ1) is 20.5. The van der Waals surface area contributed by atoms with Crippen molar-refractivity contribution < 1.29 is 18.7 Å². The van der Waals surface area contributed by atoms with Crippen LogP contribution < -0.4 is 5.32 Å². The summed E-state index contributed by atoms with van der Waals surface area (Å²) in [5.41, 5.74) is 0.0883. The number of nitrogens with one attached hydrogen (secondary N) is 1. The van der Waals surface area contributed by atoms with E-state index in [9.17, 15) is 14.0 Å². The Morgan fingerprint density at radius 2 is 1.90 bits per heavy atom. The maximum atomic E-state index is 14.4. The number of ether oxygens (including phenoxy) is 1. The summed E-state index contributed by atoms with van der Waals surface area (Å²) in [7, 11) is 0. The van der Waals surface area contributed by atoms with Crippen LogP contribution in [0, 0.1) is 11.7 Å². The van der Waals surface area contributed by atoms with Crippen LogP contribution in [0.3, 0.4) is 0 Å². The summed E-state index contributed by atoms with van der Waals surface area (Å²) in [4.78, 5) is 28.1. The fraction of sp³-hybridized carbons (Fsp3) is 0.417. The highest BCUT2D eigenvalue weighted by Gasteiger charge is 2.54. The molecule has 1 N–H and O–H groups in total. The van der Waals surface area contributed by atoms with Crippen LogP contribution in [0.2, 0.25) is 0 Å². The summed E-state index contributed by atoms with van der Waals surface area (Å²) in [6, 6.07) is 14.7. The molecule has 0 aromatic heterocycles. The van der Waals surface area contributed by atoms with Gasteiger partial charge in [-0.05, 0) is 42.9 Å². The van der Waals surface area contributed by atoms with Crippen LogP contribution in [-0.4, -0.2) is 35.1 Å². The SMILES string of the molecule is C[C@@H]1CCC[C@@]2(C1)OC[C@@H](C(=O)NCc1ccccc1)N2C(=O)c1ccccc1F. The molecular formula is C24H27FN2O3. The van der Waals surface area contributed by atoms with E-state index in [-0.39, 0.29) is 18.1 Å². The molecule has 6 heteroatoms. The number of nitrogens with zero attached hydrogens (tertiary/aromatic N) is 1. The van der Waals surface area contributed by atoms with Gasteiger partial charge in [-0.25, -0.2) is 4.39 Å². The number of halogens is 1. The molecule has 158 valence electrons. The Morgan fingerprint density at radius 3 is 2.63 bits per heavy atom. The van der Waals surface area contributed by atoms with E-state index >= 15 is 0 Å². The van der Waals surface area contributed by atoms with E-state index in [0.29, 0.717) is 25.3 Å². The van der Waals surface area contributed by atoms with Gasteiger partial charge < -0.3 is 10.1 Å². The number of carbonyl (C=O) groups is 2. The van der Waals surface area contributed by atoms with Gasteiger partial charge >= 0.3 is 0 Å². The van der Waals surface area contributed by atoms with Gasteiger partial charge in [-0.1, -0.05) is 55.8 Å². The lowest BCUT2D eigenvalue weighted by Crippen LogP contribution is -2.57. The van der Waals surface area contributed by atoms with Crippen molar-refractivity contribution in [3.05, 3.63) is 71.5 Å². The largest absolute Gasteiger partial charge is 0.353 e. The van der Waals surface area contributed by atoms with Crippen molar-refractivity contribution in [2.75, 3.05) is 6.61 Å². The Bertz CT molecular complexity index is 920. The smallest absolute Gasteiger partial charge is 0.259 e. The molecule has 0 radical (unpaired) electrons. The summed E-state index contributed by atoms with van der Waals surface area (Å²) in [5, 5.41) is 2.92. The molecule has 1 heterocycles. The Labute approximate surface area is 176 Å². The Morgan fingerprint density at radius 1 is 1.17 bits per heavy atom. The van der Waals surface area contributed by atoms with Crippen molar-refractivity contribution in [3.63, 3.8) is 0 Å². The van der Waals surface area contributed by atoms with Crippen LogP contribution in [0.5, 0.6) is 0 Å². The Kier molecular flexibility index (Phi) is 5.86. The summed E-state index contributed by atoms with van der Waals surface area (Å²) >= 11 is 0. The third-order valence-electron chi connectivity index (χ3n) is 6.13. The Balaban J connectivity index is 1.61. The molecule has 2 aliphatic rings. The molecule has 4 rings (SSSR count). The van der Waals surface area contributed by atoms with Gasteiger partial charge in [-0.15, -0.1) is 0 Å². The molecule has 2 fully saturated rings. The van der Waals surface area contributed by atoms with Crippen molar-refractivity contribution in [2.24, 2.45) is 5.92 Å². The van der Waals surface area contributed by atoms with E-state index in [0.717, 1.165) is 18.4 Å². The lowest BCUT2D eigenvalue weighted by atomic mass is 9.83. The van der Waals surface area contributed by atoms with E-state index in [1.165, 1.54) is 17.0 Å². The maximum Gasteiger partial charge on any atom is 0.259 e. The molecule has 3 atom stereocenters. The molecule has 1 aliphatic carbocycles. The molecular weight excluding hydrogens is 383 g/mol. The van der Waals surface area contributed by atoms with Crippen LogP contribution in [-0.2, 0) is 16.1 Å².